The molecule has 0 radical (unpaired) electrons. The van der Waals surface area contributed by atoms with E-state index in [9.17, 15) is 13.6 Å². The van der Waals surface area contributed by atoms with Crippen molar-refractivity contribution in [1.82, 2.24) is 19.9 Å². The monoisotopic (exact) mass is 488 g/mol. The summed E-state index contributed by atoms with van der Waals surface area (Å²) < 4.78 is 33.5. The summed E-state index contributed by atoms with van der Waals surface area (Å²) in [6.07, 6.45) is 0.844. The van der Waals surface area contributed by atoms with E-state index in [0.29, 0.717) is 55.8 Å². The number of benzene rings is 1. The molecule has 0 spiro atoms. The van der Waals surface area contributed by atoms with Crippen LogP contribution in [0.3, 0.4) is 0 Å². The van der Waals surface area contributed by atoms with Gasteiger partial charge in [0.2, 0.25) is 5.89 Å². The predicted molar refractivity (Wildman–Crippen MR) is 129 cm³/mol. The Morgan fingerprint density at radius 3 is 2.49 bits per heavy atom. The normalized spacial score (nSPS) is 24.6. The fourth-order valence-electron chi connectivity index (χ4n) is 5.04. The lowest BCUT2D eigenvalue weighted by atomic mass is 9.80. The number of carbonyl (C=O) groups excluding carboxylic acids is 1. The first-order chi connectivity index (χ1) is 16.7. The van der Waals surface area contributed by atoms with E-state index in [4.69, 9.17) is 4.52 Å². The van der Waals surface area contributed by atoms with Crippen molar-refractivity contribution in [3.05, 3.63) is 35.7 Å². The third kappa shape index (κ3) is 4.85. The number of para-hydroxylation sites is 1. The molecule has 10 heteroatoms. The van der Waals surface area contributed by atoms with Crippen molar-refractivity contribution in [1.29, 1.82) is 0 Å². The Bertz CT molecular complexity index is 1060. The molecule has 3 aliphatic rings. The van der Waals surface area contributed by atoms with Crippen molar-refractivity contribution >= 4 is 17.4 Å². The SMILES string of the molecule is CC(C)N1CCN(c2cccc(F)c2NC(=O)N2CCC(C)(c3noc([C@@H]4C[C@@H]4F)n3)CC2)CC1. The summed E-state index contributed by atoms with van der Waals surface area (Å²) in [6, 6.07) is 5.10. The lowest BCUT2D eigenvalue weighted by Gasteiger charge is -2.39. The van der Waals surface area contributed by atoms with Crippen LogP contribution in [0, 0.1) is 5.82 Å². The Kier molecular flexibility index (Phi) is 6.41. The minimum Gasteiger partial charge on any atom is -0.367 e. The first kappa shape index (κ1) is 24.0. The summed E-state index contributed by atoms with van der Waals surface area (Å²) in [7, 11) is 0. The van der Waals surface area contributed by atoms with Gasteiger partial charge in [-0.05, 0) is 45.2 Å². The highest BCUT2D eigenvalue weighted by molar-refractivity contribution is 5.93. The molecule has 35 heavy (non-hydrogen) atoms. The topological polar surface area (TPSA) is 77.7 Å². The average molecular weight is 489 g/mol. The zero-order chi connectivity index (χ0) is 24.7. The second-order valence-corrected chi connectivity index (χ2v) is 10.5. The number of hydrogen-bond acceptors (Lipinski definition) is 6. The Hall–Kier alpha value is -2.75. The molecule has 0 unspecified atom stereocenters. The number of alkyl halides is 1. The molecule has 3 fully saturated rings. The molecule has 3 heterocycles. The van der Waals surface area contributed by atoms with Crippen molar-refractivity contribution in [2.75, 3.05) is 49.5 Å². The first-order valence-corrected chi connectivity index (χ1v) is 12.6. The van der Waals surface area contributed by atoms with E-state index in [1.807, 2.05) is 13.0 Å². The summed E-state index contributed by atoms with van der Waals surface area (Å²) in [5, 5.41) is 6.95. The lowest BCUT2D eigenvalue weighted by Crippen LogP contribution is -2.49. The van der Waals surface area contributed by atoms with E-state index in [2.05, 4.69) is 39.1 Å². The zero-order valence-corrected chi connectivity index (χ0v) is 20.6. The number of amides is 2. The average Bonchev–Trinajstić information content (AvgIpc) is 3.36. The van der Waals surface area contributed by atoms with Gasteiger partial charge in [-0.3, -0.25) is 4.90 Å². The maximum absolute atomic E-state index is 14.9. The molecule has 1 saturated carbocycles. The maximum Gasteiger partial charge on any atom is 0.321 e. The number of likely N-dealkylation sites (tertiary alicyclic amines) is 1. The second kappa shape index (κ2) is 9.37. The van der Waals surface area contributed by atoms with Crippen molar-refractivity contribution in [2.24, 2.45) is 0 Å². The van der Waals surface area contributed by atoms with Gasteiger partial charge in [0.05, 0.1) is 11.6 Å². The molecular weight excluding hydrogens is 454 g/mol. The lowest BCUT2D eigenvalue weighted by molar-refractivity contribution is 0.169. The largest absolute Gasteiger partial charge is 0.367 e. The number of urea groups is 1. The number of hydrogen-bond donors (Lipinski definition) is 1. The standard InChI is InChI=1S/C25H34F2N6O2/c1-16(2)31-11-13-32(14-12-31)20-6-4-5-18(26)21(20)28-24(34)33-9-7-25(3,8-10-33)23-29-22(35-30-23)17-15-19(17)27/h4-6,16-17,19H,7-15H2,1-3H3,(H,28,34)/t17-,19+/m1/s1. The summed E-state index contributed by atoms with van der Waals surface area (Å²) >= 11 is 0. The quantitative estimate of drug-likeness (QED) is 0.681. The highest BCUT2D eigenvalue weighted by atomic mass is 19.1. The van der Waals surface area contributed by atoms with Gasteiger partial charge in [-0.1, -0.05) is 18.1 Å². The van der Waals surface area contributed by atoms with Gasteiger partial charge in [0.25, 0.3) is 0 Å². The van der Waals surface area contributed by atoms with Gasteiger partial charge in [0.1, 0.15) is 17.7 Å². The molecule has 2 atom stereocenters. The zero-order valence-electron chi connectivity index (χ0n) is 20.6. The first-order valence-electron chi connectivity index (χ1n) is 12.6. The van der Waals surface area contributed by atoms with Gasteiger partial charge in [-0.2, -0.15) is 4.98 Å². The highest BCUT2D eigenvalue weighted by Gasteiger charge is 2.45. The third-order valence-corrected chi connectivity index (χ3v) is 7.77. The number of nitrogens with one attached hydrogen (secondary N) is 1. The summed E-state index contributed by atoms with van der Waals surface area (Å²) in [5.74, 6) is 0.238. The summed E-state index contributed by atoms with van der Waals surface area (Å²) in [6.45, 7) is 10.7. The van der Waals surface area contributed by atoms with Gasteiger partial charge >= 0.3 is 6.03 Å². The van der Waals surface area contributed by atoms with Crippen LogP contribution in [-0.4, -0.2) is 77.5 Å². The molecule has 1 aromatic heterocycles. The predicted octanol–water partition coefficient (Wildman–Crippen LogP) is 4.15. The van der Waals surface area contributed by atoms with E-state index in [1.54, 1.807) is 11.0 Å². The molecular formula is C25H34F2N6O2. The highest BCUT2D eigenvalue weighted by Crippen LogP contribution is 2.44. The third-order valence-electron chi connectivity index (χ3n) is 7.77. The summed E-state index contributed by atoms with van der Waals surface area (Å²) in [5.41, 5.74) is 0.601. The van der Waals surface area contributed by atoms with Gasteiger partial charge in [-0.15, -0.1) is 0 Å². The molecule has 2 saturated heterocycles. The van der Waals surface area contributed by atoms with Crippen LogP contribution in [-0.2, 0) is 5.41 Å². The molecule has 190 valence electrons. The number of aromatic nitrogens is 2. The fraction of sp³-hybridized carbons (Fsp3) is 0.640. The molecule has 2 amide bonds. The van der Waals surface area contributed by atoms with Crippen molar-refractivity contribution in [2.45, 2.75) is 63.6 Å². The second-order valence-electron chi connectivity index (χ2n) is 10.5. The van der Waals surface area contributed by atoms with Crippen molar-refractivity contribution in [3.8, 4) is 0 Å². The van der Waals surface area contributed by atoms with Crippen LogP contribution in [0.1, 0.15) is 57.7 Å². The van der Waals surface area contributed by atoms with Gasteiger partial charge in [0, 0.05) is 50.7 Å². The number of piperidine rings is 1. The number of halogens is 2. The van der Waals surface area contributed by atoms with E-state index >= 15 is 0 Å². The van der Waals surface area contributed by atoms with E-state index in [0.717, 1.165) is 26.2 Å². The smallest absolute Gasteiger partial charge is 0.321 e. The van der Waals surface area contributed by atoms with E-state index < -0.39 is 12.0 Å². The van der Waals surface area contributed by atoms with Gasteiger partial charge < -0.3 is 19.6 Å². The van der Waals surface area contributed by atoms with Crippen molar-refractivity contribution < 1.29 is 18.1 Å². The molecule has 5 rings (SSSR count). The van der Waals surface area contributed by atoms with Crippen LogP contribution in [0.5, 0.6) is 0 Å². The molecule has 8 nitrogen and oxygen atoms in total. The maximum atomic E-state index is 14.9. The number of nitrogens with zero attached hydrogens (tertiary/aromatic N) is 5. The van der Waals surface area contributed by atoms with Crippen LogP contribution in [0.15, 0.2) is 22.7 Å². The van der Waals surface area contributed by atoms with Crippen LogP contribution < -0.4 is 10.2 Å². The van der Waals surface area contributed by atoms with E-state index in [1.165, 1.54) is 6.07 Å². The number of rotatable bonds is 5. The molecule has 2 aliphatic heterocycles. The van der Waals surface area contributed by atoms with Crippen LogP contribution in [0.25, 0.3) is 0 Å². The Balaban J connectivity index is 1.22. The van der Waals surface area contributed by atoms with Gasteiger partial charge in [0.15, 0.2) is 5.82 Å². The minimum absolute atomic E-state index is 0.233. The molecule has 0 bridgehead atoms. The van der Waals surface area contributed by atoms with Gasteiger partial charge in [-0.25, -0.2) is 13.6 Å². The van der Waals surface area contributed by atoms with E-state index in [-0.39, 0.29) is 23.1 Å². The van der Waals surface area contributed by atoms with Crippen LogP contribution in [0.2, 0.25) is 0 Å². The van der Waals surface area contributed by atoms with Crippen LogP contribution in [0.4, 0.5) is 25.0 Å². The molecule has 1 N–H and O–H groups in total. The number of anilines is 2. The molecule has 1 aliphatic carbocycles. The minimum atomic E-state index is -0.885. The molecule has 1 aromatic carbocycles. The number of carbonyl (C=O) groups is 1. The van der Waals surface area contributed by atoms with Crippen molar-refractivity contribution in [3.63, 3.8) is 0 Å². The number of piperazine rings is 1. The Morgan fingerprint density at radius 1 is 1.17 bits per heavy atom. The Morgan fingerprint density at radius 2 is 1.86 bits per heavy atom. The van der Waals surface area contributed by atoms with Crippen LogP contribution >= 0.6 is 0 Å². The summed E-state index contributed by atoms with van der Waals surface area (Å²) in [4.78, 5) is 23.8. The Labute approximate surface area is 204 Å². The molecule has 2 aromatic rings. The fourth-order valence-corrected chi connectivity index (χ4v) is 5.04.